The number of nitrogens with zero attached hydrogens (tertiary/aromatic N) is 2. The third kappa shape index (κ3) is 5.61. The Balaban J connectivity index is 0.000000166. The Morgan fingerprint density at radius 3 is 1.59 bits per heavy atom. The number of hydrogen-bond acceptors (Lipinski definition) is 5. The summed E-state index contributed by atoms with van der Waals surface area (Å²) in [6.45, 7) is 1.58. The smallest absolute Gasteiger partial charge is 0.161 e. The molecule has 0 saturated carbocycles. The van der Waals surface area contributed by atoms with Crippen molar-refractivity contribution in [2.24, 2.45) is 0 Å². The molecule has 7 nitrogen and oxygen atoms in total. The molecule has 0 N–H and O–H groups in total. The third-order valence-corrected chi connectivity index (χ3v) is 6.99. The van der Waals surface area contributed by atoms with Crippen LogP contribution in [0.1, 0.15) is 17.3 Å². The van der Waals surface area contributed by atoms with E-state index in [1.54, 1.807) is 35.4 Å². The van der Waals surface area contributed by atoms with Gasteiger partial charge in [0.1, 0.15) is 23.0 Å². The van der Waals surface area contributed by atoms with E-state index in [0.717, 1.165) is 56.2 Å². The van der Waals surface area contributed by atoms with Crippen LogP contribution in [-0.4, -0.2) is 43.4 Å². The maximum Gasteiger partial charge on any atom is 0.161 e. The van der Waals surface area contributed by atoms with Crippen molar-refractivity contribution in [2.75, 3.05) is 28.4 Å². The molecule has 0 aliphatic rings. The number of ether oxygens (including phenoxy) is 4. The second-order valence-electron chi connectivity index (χ2n) is 9.36. The maximum atomic E-state index is 11.9. The number of hydrogen-bond donors (Lipinski definition) is 0. The SMILES string of the molecule is COc1ccc(-n2cc(C(C)=O)c3cc(OC)ccc32)cc1.COc1ccc(-n2ccc3cc(OC)ccc32)cc1. The van der Waals surface area contributed by atoms with Crippen LogP contribution >= 0.6 is 0 Å². The Bertz CT molecular complexity index is 1800. The van der Waals surface area contributed by atoms with Gasteiger partial charge in [-0.1, -0.05) is 0 Å². The lowest BCUT2D eigenvalue weighted by molar-refractivity contribution is 0.101. The van der Waals surface area contributed by atoms with Crippen molar-refractivity contribution in [3.05, 3.63) is 109 Å². The number of aromatic nitrogens is 2. The molecule has 0 aliphatic carbocycles. The molecule has 0 bridgehead atoms. The van der Waals surface area contributed by atoms with E-state index in [1.807, 2.05) is 89.6 Å². The van der Waals surface area contributed by atoms with Gasteiger partial charge < -0.3 is 28.1 Å². The Morgan fingerprint density at radius 2 is 1.05 bits per heavy atom. The molecule has 0 spiro atoms. The fourth-order valence-corrected chi connectivity index (χ4v) is 4.79. The van der Waals surface area contributed by atoms with Gasteiger partial charge >= 0.3 is 0 Å². The minimum atomic E-state index is 0.0329. The molecule has 41 heavy (non-hydrogen) atoms. The van der Waals surface area contributed by atoms with Gasteiger partial charge in [0.15, 0.2) is 5.78 Å². The molecule has 7 heteroatoms. The Labute approximate surface area is 239 Å². The van der Waals surface area contributed by atoms with E-state index in [9.17, 15) is 4.79 Å². The molecule has 6 rings (SSSR count). The fraction of sp³-hybridized carbons (Fsp3) is 0.147. The first-order chi connectivity index (χ1) is 19.9. The summed E-state index contributed by atoms with van der Waals surface area (Å²) in [6.07, 6.45) is 3.93. The second kappa shape index (κ2) is 11.9. The van der Waals surface area contributed by atoms with Crippen molar-refractivity contribution in [3.63, 3.8) is 0 Å². The lowest BCUT2D eigenvalue weighted by Gasteiger charge is -2.07. The zero-order chi connectivity index (χ0) is 28.9. The minimum Gasteiger partial charge on any atom is -0.497 e. The van der Waals surface area contributed by atoms with Gasteiger partial charge in [-0.25, -0.2) is 0 Å². The van der Waals surface area contributed by atoms with E-state index in [0.29, 0.717) is 5.56 Å². The summed E-state index contributed by atoms with van der Waals surface area (Å²) in [5, 5.41) is 2.05. The highest BCUT2D eigenvalue weighted by Crippen LogP contribution is 2.30. The summed E-state index contributed by atoms with van der Waals surface area (Å²) in [7, 11) is 6.61. The first-order valence-corrected chi connectivity index (χ1v) is 13.1. The van der Waals surface area contributed by atoms with Crippen LogP contribution in [0.3, 0.4) is 0 Å². The first-order valence-electron chi connectivity index (χ1n) is 13.1. The van der Waals surface area contributed by atoms with Crippen LogP contribution in [0.25, 0.3) is 33.2 Å². The normalized spacial score (nSPS) is 10.7. The molecule has 208 valence electrons. The largest absolute Gasteiger partial charge is 0.497 e. The molecule has 0 radical (unpaired) electrons. The fourth-order valence-electron chi connectivity index (χ4n) is 4.79. The average Bonchev–Trinajstić information content (AvgIpc) is 3.62. The van der Waals surface area contributed by atoms with E-state index >= 15 is 0 Å². The molecule has 0 atom stereocenters. The van der Waals surface area contributed by atoms with Gasteiger partial charge in [0.25, 0.3) is 0 Å². The summed E-state index contributed by atoms with van der Waals surface area (Å²) >= 11 is 0. The van der Waals surface area contributed by atoms with Crippen LogP contribution in [0.4, 0.5) is 0 Å². The Morgan fingerprint density at radius 1 is 0.561 bits per heavy atom. The highest BCUT2D eigenvalue weighted by molar-refractivity contribution is 6.07. The molecule has 2 aromatic heterocycles. The Kier molecular flexibility index (Phi) is 7.97. The van der Waals surface area contributed by atoms with Crippen LogP contribution in [0.15, 0.2) is 103 Å². The number of benzene rings is 4. The zero-order valence-electron chi connectivity index (χ0n) is 23.8. The van der Waals surface area contributed by atoms with E-state index in [1.165, 1.54) is 0 Å². The van der Waals surface area contributed by atoms with Crippen LogP contribution < -0.4 is 18.9 Å². The van der Waals surface area contributed by atoms with Crippen molar-refractivity contribution >= 4 is 27.6 Å². The van der Waals surface area contributed by atoms with Gasteiger partial charge in [0, 0.05) is 40.1 Å². The number of ketones is 1. The zero-order valence-corrected chi connectivity index (χ0v) is 23.8. The van der Waals surface area contributed by atoms with E-state index < -0.39 is 0 Å². The first kappa shape index (κ1) is 27.4. The molecular weight excluding hydrogens is 516 g/mol. The number of Topliss-reactive ketones (excluding diaryl/α,β-unsaturated/α-hetero) is 1. The van der Waals surface area contributed by atoms with Crippen molar-refractivity contribution in [1.82, 2.24) is 9.13 Å². The molecule has 0 saturated heterocycles. The predicted molar refractivity (Wildman–Crippen MR) is 163 cm³/mol. The lowest BCUT2D eigenvalue weighted by atomic mass is 10.1. The van der Waals surface area contributed by atoms with Gasteiger partial charge in [-0.05, 0) is 97.9 Å². The van der Waals surface area contributed by atoms with Crippen molar-refractivity contribution in [1.29, 1.82) is 0 Å². The summed E-state index contributed by atoms with van der Waals surface area (Å²) in [6, 6.07) is 29.7. The van der Waals surface area contributed by atoms with Crippen LogP contribution in [0.2, 0.25) is 0 Å². The molecule has 2 heterocycles. The summed E-state index contributed by atoms with van der Waals surface area (Å²) in [5.41, 5.74) is 4.90. The van der Waals surface area contributed by atoms with Crippen molar-refractivity contribution in [2.45, 2.75) is 6.92 Å². The van der Waals surface area contributed by atoms with E-state index in [2.05, 4.69) is 22.9 Å². The summed E-state index contributed by atoms with van der Waals surface area (Å²) in [5.74, 6) is 3.31. The predicted octanol–water partition coefficient (Wildman–Crippen LogP) is 7.50. The molecule has 0 amide bonds. The van der Waals surface area contributed by atoms with Crippen LogP contribution in [0.5, 0.6) is 23.0 Å². The maximum absolute atomic E-state index is 11.9. The van der Waals surface area contributed by atoms with Crippen molar-refractivity contribution < 1.29 is 23.7 Å². The highest BCUT2D eigenvalue weighted by atomic mass is 16.5. The van der Waals surface area contributed by atoms with E-state index in [-0.39, 0.29) is 5.78 Å². The summed E-state index contributed by atoms with van der Waals surface area (Å²) < 4.78 is 25.0. The standard InChI is InChI=1S/C18H17NO3.C16H15NO2/c1-12(20)17-11-19(13-4-6-14(21-2)7-5-13)18-9-8-15(22-3)10-16(17)18;1-18-14-5-3-13(4-6-14)17-10-9-12-11-15(19-2)7-8-16(12)17/h4-11H,1-3H3;3-11H,1-2H3. The molecular formula is C34H32N2O5. The minimum absolute atomic E-state index is 0.0329. The lowest BCUT2D eigenvalue weighted by Crippen LogP contribution is -1.93. The van der Waals surface area contributed by atoms with Gasteiger partial charge in [0.05, 0.1) is 39.5 Å². The Hall–Kier alpha value is -5.17. The molecule has 6 aromatic rings. The van der Waals surface area contributed by atoms with Gasteiger partial charge in [-0.15, -0.1) is 0 Å². The van der Waals surface area contributed by atoms with Crippen LogP contribution in [0, 0.1) is 0 Å². The highest BCUT2D eigenvalue weighted by Gasteiger charge is 2.14. The van der Waals surface area contributed by atoms with Crippen molar-refractivity contribution in [3.8, 4) is 34.4 Å². The molecule has 0 aliphatic heterocycles. The molecule has 0 fully saturated rings. The number of fused-ring (bicyclic) bond motifs is 2. The second-order valence-corrected chi connectivity index (χ2v) is 9.36. The van der Waals surface area contributed by atoms with E-state index in [4.69, 9.17) is 18.9 Å². The topological polar surface area (TPSA) is 63.8 Å². The monoisotopic (exact) mass is 548 g/mol. The molecule has 4 aromatic carbocycles. The van der Waals surface area contributed by atoms with Gasteiger partial charge in [-0.2, -0.15) is 0 Å². The quantitative estimate of drug-likeness (QED) is 0.193. The molecule has 0 unspecified atom stereocenters. The number of carbonyl (C=O) groups is 1. The van der Waals surface area contributed by atoms with Gasteiger partial charge in [-0.3, -0.25) is 4.79 Å². The number of carbonyl (C=O) groups excluding carboxylic acids is 1. The average molecular weight is 549 g/mol. The third-order valence-electron chi connectivity index (χ3n) is 6.99. The number of rotatable bonds is 7. The number of methoxy groups -OCH3 is 4. The van der Waals surface area contributed by atoms with Gasteiger partial charge in [0.2, 0.25) is 0 Å². The summed E-state index contributed by atoms with van der Waals surface area (Å²) in [4.78, 5) is 11.9. The van der Waals surface area contributed by atoms with Crippen LogP contribution in [-0.2, 0) is 0 Å².